The Kier molecular flexibility index (Phi) is 5.38. The van der Waals surface area contributed by atoms with Gasteiger partial charge in [-0.1, -0.05) is 11.6 Å². The number of fused-ring (bicyclic) bond motifs is 3. The molecule has 3 fully saturated rings. The monoisotopic (exact) mass is 564 g/mol. The van der Waals surface area contributed by atoms with E-state index >= 15 is 0 Å². The fourth-order valence-electron chi connectivity index (χ4n) is 6.45. The Labute approximate surface area is 222 Å². The van der Waals surface area contributed by atoms with E-state index in [1.807, 2.05) is 23.1 Å². The van der Waals surface area contributed by atoms with E-state index in [1.165, 1.54) is 6.07 Å². The molecular formula is C25H24ClF3N6O2S. The third kappa shape index (κ3) is 3.91. The van der Waals surface area contributed by atoms with Crippen LogP contribution >= 0.6 is 11.6 Å². The second-order valence-corrected chi connectivity index (χ2v) is 13.6. The normalized spacial score (nSPS) is 23.8. The van der Waals surface area contributed by atoms with Crippen LogP contribution in [0.25, 0.3) is 5.69 Å². The molecule has 1 saturated carbocycles. The molecule has 0 unspecified atom stereocenters. The Morgan fingerprint density at radius 1 is 1.05 bits per heavy atom. The highest BCUT2D eigenvalue weighted by atomic mass is 35.5. The SMILES string of the molecule is O=S1(=O)CC(N2Cc3cc(Cl)ccc3-n3c(nnc3C3CC4(C3)CN(c3ccc(F)c(C(F)F)n3)C4)C2)C1. The molecule has 2 saturated heterocycles. The third-order valence-corrected chi connectivity index (χ3v) is 10.4. The first kappa shape index (κ1) is 24.3. The van der Waals surface area contributed by atoms with Crippen molar-refractivity contribution in [2.45, 2.75) is 44.3 Å². The van der Waals surface area contributed by atoms with Crippen molar-refractivity contribution in [2.24, 2.45) is 5.41 Å². The highest BCUT2D eigenvalue weighted by Crippen LogP contribution is 2.56. The predicted molar refractivity (Wildman–Crippen MR) is 134 cm³/mol. The number of anilines is 1. The van der Waals surface area contributed by atoms with Crippen LogP contribution in [0.2, 0.25) is 5.02 Å². The standard InChI is InChI=1S/C25H24ClF3N6O2S/c26-16-1-3-19-14(5-16)8-33(17-10-38(36,37)11-17)9-21-31-32-24(35(19)21)15-6-25(7-15)12-34(13-25)20-4-2-18(27)22(30-20)23(28)29/h1-5,15,17,23H,6-13H2. The van der Waals surface area contributed by atoms with E-state index in [-0.39, 0.29) is 28.9 Å². The summed E-state index contributed by atoms with van der Waals surface area (Å²) < 4.78 is 65.6. The van der Waals surface area contributed by atoms with Crippen LogP contribution in [0.5, 0.6) is 0 Å². The van der Waals surface area contributed by atoms with Gasteiger partial charge in [-0.25, -0.2) is 26.6 Å². The summed E-state index contributed by atoms with van der Waals surface area (Å²) in [5.74, 6) is 1.49. The number of sulfone groups is 1. The van der Waals surface area contributed by atoms with Gasteiger partial charge < -0.3 is 4.90 Å². The molecular weight excluding hydrogens is 541 g/mol. The molecule has 0 N–H and O–H groups in total. The number of rotatable bonds is 4. The van der Waals surface area contributed by atoms with E-state index < -0.39 is 27.8 Å². The molecule has 7 rings (SSSR count). The molecule has 0 amide bonds. The molecule has 38 heavy (non-hydrogen) atoms. The Hall–Kier alpha value is -2.70. The first-order valence-electron chi connectivity index (χ1n) is 12.5. The third-order valence-electron chi connectivity index (χ3n) is 8.33. The summed E-state index contributed by atoms with van der Waals surface area (Å²) in [7, 11) is -2.98. The van der Waals surface area contributed by atoms with E-state index in [1.54, 1.807) is 0 Å². The molecule has 0 radical (unpaired) electrons. The number of halogens is 4. The van der Waals surface area contributed by atoms with Gasteiger partial charge in [0.2, 0.25) is 0 Å². The van der Waals surface area contributed by atoms with Crippen LogP contribution < -0.4 is 4.90 Å². The quantitative estimate of drug-likeness (QED) is 0.475. The van der Waals surface area contributed by atoms with Crippen molar-refractivity contribution in [3.8, 4) is 5.69 Å². The van der Waals surface area contributed by atoms with Crippen molar-refractivity contribution in [1.82, 2.24) is 24.6 Å². The lowest BCUT2D eigenvalue weighted by atomic mass is 9.57. The van der Waals surface area contributed by atoms with Gasteiger partial charge >= 0.3 is 0 Å². The highest BCUT2D eigenvalue weighted by Gasteiger charge is 2.54. The molecule has 2 aromatic heterocycles. The smallest absolute Gasteiger partial charge is 0.283 e. The number of benzene rings is 1. The maximum Gasteiger partial charge on any atom is 0.283 e. The Morgan fingerprint density at radius 3 is 2.53 bits per heavy atom. The summed E-state index contributed by atoms with van der Waals surface area (Å²) in [5, 5.41) is 9.71. The van der Waals surface area contributed by atoms with Crippen LogP contribution in [0, 0.1) is 11.2 Å². The average molecular weight is 565 g/mol. The largest absolute Gasteiger partial charge is 0.355 e. The summed E-state index contributed by atoms with van der Waals surface area (Å²) in [4.78, 5) is 7.90. The number of alkyl halides is 2. The Bertz CT molecular complexity index is 1540. The molecule has 5 heterocycles. The van der Waals surface area contributed by atoms with Gasteiger partial charge in [0.15, 0.2) is 21.5 Å². The molecule has 0 bridgehead atoms. The number of hydrogen-bond donors (Lipinski definition) is 0. The maximum absolute atomic E-state index is 13.7. The second-order valence-electron chi connectivity index (χ2n) is 11.0. The highest BCUT2D eigenvalue weighted by molar-refractivity contribution is 7.92. The minimum atomic E-state index is -2.98. The minimum Gasteiger partial charge on any atom is -0.355 e. The summed E-state index contributed by atoms with van der Waals surface area (Å²) >= 11 is 6.33. The van der Waals surface area contributed by atoms with Crippen molar-refractivity contribution in [1.29, 1.82) is 0 Å². The van der Waals surface area contributed by atoms with Crippen LogP contribution in [-0.2, 0) is 22.9 Å². The molecule has 1 aromatic carbocycles. The van der Waals surface area contributed by atoms with Gasteiger partial charge in [0.1, 0.15) is 17.3 Å². The molecule has 3 aromatic rings. The minimum absolute atomic E-state index is 0.0397. The average Bonchev–Trinajstić information content (AvgIpc) is 3.11. The zero-order valence-corrected chi connectivity index (χ0v) is 21.8. The molecule has 200 valence electrons. The lowest BCUT2D eigenvalue weighted by molar-refractivity contribution is 0.0579. The Morgan fingerprint density at radius 2 is 1.82 bits per heavy atom. The zero-order valence-electron chi connectivity index (χ0n) is 20.2. The van der Waals surface area contributed by atoms with Gasteiger partial charge in [-0.3, -0.25) is 9.47 Å². The molecule has 1 spiro atoms. The fourth-order valence-corrected chi connectivity index (χ4v) is 8.14. The first-order chi connectivity index (χ1) is 18.1. The van der Waals surface area contributed by atoms with E-state index in [0.717, 1.165) is 41.8 Å². The molecule has 4 aliphatic rings. The summed E-state index contributed by atoms with van der Waals surface area (Å²) in [5.41, 5.74) is 1.19. The fraction of sp³-hybridized carbons (Fsp3) is 0.480. The predicted octanol–water partition coefficient (Wildman–Crippen LogP) is 3.89. The van der Waals surface area contributed by atoms with E-state index in [9.17, 15) is 21.6 Å². The van der Waals surface area contributed by atoms with E-state index in [2.05, 4.69) is 24.6 Å². The molecule has 3 aliphatic heterocycles. The van der Waals surface area contributed by atoms with Gasteiger partial charge in [-0.15, -0.1) is 10.2 Å². The van der Waals surface area contributed by atoms with Crippen LogP contribution in [-0.4, -0.2) is 63.7 Å². The van der Waals surface area contributed by atoms with Gasteiger partial charge in [-0.05, 0) is 48.7 Å². The number of aromatic nitrogens is 4. The lowest BCUT2D eigenvalue weighted by Gasteiger charge is -2.59. The zero-order chi connectivity index (χ0) is 26.4. The van der Waals surface area contributed by atoms with E-state index in [0.29, 0.717) is 37.0 Å². The second kappa shape index (κ2) is 8.40. The van der Waals surface area contributed by atoms with Crippen molar-refractivity contribution in [3.63, 3.8) is 0 Å². The Balaban J connectivity index is 1.11. The van der Waals surface area contributed by atoms with Crippen molar-refractivity contribution >= 4 is 27.3 Å². The van der Waals surface area contributed by atoms with Crippen LogP contribution in [0.15, 0.2) is 30.3 Å². The van der Waals surface area contributed by atoms with Gasteiger partial charge in [0.25, 0.3) is 6.43 Å². The molecule has 13 heteroatoms. The van der Waals surface area contributed by atoms with E-state index in [4.69, 9.17) is 11.6 Å². The molecule has 0 atom stereocenters. The van der Waals surface area contributed by atoms with Crippen molar-refractivity contribution in [3.05, 3.63) is 64.1 Å². The number of nitrogens with zero attached hydrogens (tertiary/aromatic N) is 6. The summed E-state index contributed by atoms with van der Waals surface area (Å²) in [6.45, 7) is 2.41. The van der Waals surface area contributed by atoms with Crippen molar-refractivity contribution in [2.75, 3.05) is 29.5 Å². The summed E-state index contributed by atoms with van der Waals surface area (Å²) in [6, 6.07) is 8.17. The van der Waals surface area contributed by atoms with Crippen molar-refractivity contribution < 1.29 is 21.6 Å². The summed E-state index contributed by atoms with van der Waals surface area (Å²) in [6.07, 6.45) is -1.21. The first-order valence-corrected chi connectivity index (χ1v) is 14.7. The van der Waals surface area contributed by atoms with Gasteiger partial charge in [0.05, 0.1) is 23.7 Å². The number of hydrogen-bond acceptors (Lipinski definition) is 7. The van der Waals surface area contributed by atoms with Gasteiger partial charge in [0, 0.05) is 42.0 Å². The lowest BCUT2D eigenvalue weighted by Crippen LogP contribution is -2.62. The number of pyridine rings is 1. The molecule has 8 nitrogen and oxygen atoms in total. The van der Waals surface area contributed by atoms with Crippen LogP contribution in [0.1, 0.15) is 48.1 Å². The topological polar surface area (TPSA) is 84.2 Å². The van der Waals surface area contributed by atoms with Gasteiger partial charge in [-0.2, -0.15) is 0 Å². The molecule has 1 aliphatic carbocycles. The van der Waals surface area contributed by atoms with Crippen LogP contribution in [0.3, 0.4) is 0 Å². The maximum atomic E-state index is 13.7. The van der Waals surface area contributed by atoms with Crippen LogP contribution in [0.4, 0.5) is 19.0 Å².